The summed E-state index contributed by atoms with van der Waals surface area (Å²) in [4.78, 5) is 2.80. The molecule has 2 N–H and O–H groups in total. The van der Waals surface area contributed by atoms with E-state index in [-0.39, 0.29) is 0 Å². The first-order valence-corrected chi connectivity index (χ1v) is 4.65. The SMILES string of the molecule is CC1CN(CC(N)=S)CC(C)O1. The maximum absolute atomic E-state index is 5.57. The van der Waals surface area contributed by atoms with Crippen molar-refractivity contribution in [1.29, 1.82) is 0 Å². The molecule has 2 unspecified atom stereocenters. The maximum atomic E-state index is 5.57. The fourth-order valence-electron chi connectivity index (χ4n) is 1.63. The zero-order chi connectivity index (χ0) is 9.14. The second kappa shape index (κ2) is 4.16. The van der Waals surface area contributed by atoms with Crippen molar-refractivity contribution >= 4 is 17.2 Å². The fourth-order valence-corrected chi connectivity index (χ4v) is 1.82. The lowest BCUT2D eigenvalue weighted by Crippen LogP contribution is -2.47. The third-order valence-electron chi connectivity index (χ3n) is 1.87. The monoisotopic (exact) mass is 188 g/mol. The third-order valence-corrected chi connectivity index (χ3v) is 2.00. The van der Waals surface area contributed by atoms with Gasteiger partial charge in [0, 0.05) is 19.6 Å². The largest absolute Gasteiger partial charge is 0.392 e. The number of ether oxygens (including phenoxy) is 1. The van der Waals surface area contributed by atoms with Gasteiger partial charge in [-0.1, -0.05) is 12.2 Å². The van der Waals surface area contributed by atoms with Crippen molar-refractivity contribution < 1.29 is 4.74 Å². The van der Waals surface area contributed by atoms with Crippen LogP contribution in [0.3, 0.4) is 0 Å². The lowest BCUT2D eigenvalue weighted by Gasteiger charge is -2.34. The van der Waals surface area contributed by atoms with Gasteiger partial charge < -0.3 is 10.5 Å². The molecule has 12 heavy (non-hydrogen) atoms. The van der Waals surface area contributed by atoms with Crippen LogP contribution < -0.4 is 5.73 Å². The van der Waals surface area contributed by atoms with Crippen LogP contribution in [0, 0.1) is 0 Å². The fraction of sp³-hybridized carbons (Fsp3) is 0.875. The van der Waals surface area contributed by atoms with Crippen molar-refractivity contribution in [2.24, 2.45) is 5.73 Å². The van der Waals surface area contributed by atoms with Gasteiger partial charge in [-0.2, -0.15) is 0 Å². The third kappa shape index (κ3) is 3.05. The van der Waals surface area contributed by atoms with E-state index in [0.29, 0.717) is 23.7 Å². The molecule has 0 aromatic carbocycles. The highest BCUT2D eigenvalue weighted by atomic mass is 32.1. The smallest absolute Gasteiger partial charge is 0.0870 e. The van der Waals surface area contributed by atoms with E-state index in [0.717, 1.165) is 13.1 Å². The standard InChI is InChI=1S/C8H16N2OS/c1-6-3-10(5-8(9)12)4-7(2)11-6/h6-7H,3-5H2,1-2H3,(H2,9,12). The number of rotatable bonds is 2. The summed E-state index contributed by atoms with van der Waals surface area (Å²) >= 11 is 4.85. The minimum Gasteiger partial charge on any atom is -0.392 e. The maximum Gasteiger partial charge on any atom is 0.0870 e. The molecule has 1 saturated heterocycles. The molecule has 0 bridgehead atoms. The van der Waals surface area contributed by atoms with E-state index in [4.69, 9.17) is 22.7 Å². The molecule has 3 nitrogen and oxygen atoms in total. The van der Waals surface area contributed by atoms with Crippen LogP contribution in [-0.2, 0) is 4.74 Å². The average molecular weight is 188 g/mol. The van der Waals surface area contributed by atoms with Crippen molar-refractivity contribution in [3.8, 4) is 0 Å². The molecule has 70 valence electrons. The first-order valence-electron chi connectivity index (χ1n) is 4.24. The summed E-state index contributed by atoms with van der Waals surface area (Å²) in [6.07, 6.45) is 0.589. The number of morpholine rings is 1. The van der Waals surface area contributed by atoms with Crippen molar-refractivity contribution in [3.05, 3.63) is 0 Å². The Balaban J connectivity index is 2.38. The van der Waals surface area contributed by atoms with Gasteiger partial charge in [-0.05, 0) is 13.8 Å². The molecule has 0 aromatic rings. The molecule has 4 heteroatoms. The second-order valence-corrected chi connectivity index (χ2v) is 3.94. The molecule has 0 saturated carbocycles. The van der Waals surface area contributed by atoms with Gasteiger partial charge >= 0.3 is 0 Å². The highest BCUT2D eigenvalue weighted by molar-refractivity contribution is 7.80. The quantitative estimate of drug-likeness (QED) is 0.636. The Labute approximate surface area is 78.9 Å². The Hall–Kier alpha value is -0.190. The molecule has 1 fully saturated rings. The molecule has 1 aliphatic heterocycles. The summed E-state index contributed by atoms with van der Waals surface area (Å²) in [7, 11) is 0. The number of hydrogen-bond acceptors (Lipinski definition) is 3. The highest BCUT2D eigenvalue weighted by Crippen LogP contribution is 2.09. The predicted octanol–water partition coefficient (Wildman–Crippen LogP) is 0.382. The molecule has 0 aromatic heterocycles. The normalized spacial score (nSPS) is 31.8. The van der Waals surface area contributed by atoms with Crippen LogP contribution in [-0.4, -0.2) is 41.7 Å². The topological polar surface area (TPSA) is 38.5 Å². The zero-order valence-electron chi connectivity index (χ0n) is 7.62. The molecular weight excluding hydrogens is 172 g/mol. The van der Waals surface area contributed by atoms with Gasteiger partial charge in [0.2, 0.25) is 0 Å². The lowest BCUT2D eigenvalue weighted by atomic mass is 10.2. The summed E-state index contributed by atoms with van der Waals surface area (Å²) in [5.41, 5.74) is 5.46. The van der Waals surface area contributed by atoms with E-state index < -0.39 is 0 Å². The van der Waals surface area contributed by atoms with Crippen LogP contribution in [0.4, 0.5) is 0 Å². The molecule has 0 radical (unpaired) electrons. The number of nitrogens with two attached hydrogens (primary N) is 1. The van der Waals surface area contributed by atoms with Crippen molar-refractivity contribution in [1.82, 2.24) is 4.90 Å². The van der Waals surface area contributed by atoms with E-state index in [1.165, 1.54) is 0 Å². The van der Waals surface area contributed by atoms with Gasteiger partial charge in [0.25, 0.3) is 0 Å². The van der Waals surface area contributed by atoms with Crippen LogP contribution in [0.2, 0.25) is 0 Å². The molecular formula is C8H16N2OS. The van der Waals surface area contributed by atoms with Crippen LogP contribution >= 0.6 is 12.2 Å². The second-order valence-electron chi connectivity index (χ2n) is 3.42. The molecule has 1 rings (SSSR count). The van der Waals surface area contributed by atoms with E-state index in [1.807, 2.05) is 0 Å². The van der Waals surface area contributed by atoms with Gasteiger partial charge in [-0.3, -0.25) is 4.90 Å². The first-order chi connectivity index (χ1) is 5.58. The van der Waals surface area contributed by atoms with Crippen molar-refractivity contribution in [2.45, 2.75) is 26.1 Å². The Morgan fingerprint density at radius 2 is 2.00 bits per heavy atom. The van der Waals surface area contributed by atoms with E-state index >= 15 is 0 Å². The van der Waals surface area contributed by atoms with E-state index in [1.54, 1.807) is 0 Å². The minimum absolute atomic E-state index is 0.295. The predicted molar refractivity (Wildman–Crippen MR) is 53.2 cm³/mol. The Bertz CT molecular complexity index is 164. The van der Waals surface area contributed by atoms with Gasteiger partial charge in [0.05, 0.1) is 17.2 Å². The molecule has 0 spiro atoms. The number of thiocarbonyl (C=S) groups is 1. The van der Waals surface area contributed by atoms with E-state index in [9.17, 15) is 0 Å². The van der Waals surface area contributed by atoms with Gasteiger partial charge in [0.1, 0.15) is 0 Å². The Morgan fingerprint density at radius 1 is 1.50 bits per heavy atom. The molecule has 0 amide bonds. The molecule has 2 atom stereocenters. The van der Waals surface area contributed by atoms with Crippen LogP contribution in [0.25, 0.3) is 0 Å². The molecule has 1 heterocycles. The van der Waals surface area contributed by atoms with Crippen molar-refractivity contribution in [3.63, 3.8) is 0 Å². The molecule has 1 aliphatic rings. The minimum atomic E-state index is 0.295. The summed E-state index contributed by atoms with van der Waals surface area (Å²) in [5, 5.41) is 0. The first kappa shape index (κ1) is 9.89. The van der Waals surface area contributed by atoms with Crippen LogP contribution in [0.15, 0.2) is 0 Å². The Morgan fingerprint density at radius 3 is 2.42 bits per heavy atom. The van der Waals surface area contributed by atoms with Gasteiger partial charge in [-0.25, -0.2) is 0 Å². The van der Waals surface area contributed by atoms with E-state index in [2.05, 4.69) is 18.7 Å². The van der Waals surface area contributed by atoms with Gasteiger partial charge in [-0.15, -0.1) is 0 Å². The summed E-state index contributed by atoms with van der Waals surface area (Å²) < 4.78 is 5.57. The van der Waals surface area contributed by atoms with Crippen molar-refractivity contribution in [2.75, 3.05) is 19.6 Å². The summed E-state index contributed by atoms with van der Waals surface area (Å²) in [5.74, 6) is 0. The average Bonchev–Trinajstić information content (AvgIpc) is 1.81. The summed E-state index contributed by atoms with van der Waals surface area (Å²) in [6, 6.07) is 0. The van der Waals surface area contributed by atoms with Crippen LogP contribution in [0.1, 0.15) is 13.8 Å². The Kier molecular flexibility index (Phi) is 3.43. The molecule has 0 aliphatic carbocycles. The highest BCUT2D eigenvalue weighted by Gasteiger charge is 2.21. The van der Waals surface area contributed by atoms with Gasteiger partial charge in [0.15, 0.2) is 0 Å². The number of hydrogen-bond donors (Lipinski definition) is 1. The number of nitrogens with zero attached hydrogens (tertiary/aromatic N) is 1. The summed E-state index contributed by atoms with van der Waals surface area (Å²) in [6.45, 7) is 6.72. The van der Waals surface area contributed by atoms with Crippen LogP contribution in [0.5, 0.6) is 0 Å². The zero-order valence-corrected chi connectivity index (χ0v) is 8.43. The lowest BCUT2D eigenvalue weighted by molar-refractivity contribution is -0.0634.